The molecule has 0 atom stereocenters. The van der Waals surface area contributed by atoms with Gasteiger partial charge in [-0.1, -0.05) is 18.2 Å². The number of nitrogens with one attached hydrogen (secondary N) is 1. The minimum atomic E-state index is -0.203. The van der Waals surface area contributed by atoms with Crippen LogP contribution in [-0.4, -0.2) is 30.3 Å². The van der Waals surface area contributed by atoms with E-state index in [9.17, 15) is 4.79 Å². The number of amides is 1. The van der Waals surface area contributed by atoms with Gasteiger partial charge in [-0.05, 0) is 23.8 Å². The number of aryl methyl sites for hydroxylation is 1. The first-order valence-electron chi connectivity index (χ1n) is 7.40. The van der Waals surface area contributed by atoms with Crippen molar-refractivity contribution in [2.75, 3.05) is 5.32 Å². The quantitative estimate of drug-likeness (QED) is 0.629. The van der Waals surface area contributed by atoms with E-state index in [0.717, 1.165) is 11.1 Å². The van der Waals surface area contributed by atoms with Crippen LogP contribution in [0.3, 0.4) is 0 Å². The van der Waals surface area contributed by atoms with Crippen molar-refractivity contribution in [1.29, 1.82) is 0 Å². The van der Waals surface area contributed by atoms with Crippen molar-refractivity contribution in [1.82, 2.24) is 24.4 Å². The lowest BCUT2D eigenvalue weighted by molar-refractivity contribution is 0.102. The Morgan fingerprint density at radius 2 is 2.00 bits per heavy atom. The molecule has 1 aromatic carbocycles. The first-order valence-corrected chi connectivity index (χ1v) is 7.40. The highest BCUT2D eigenvalue weighted by Crippen LogP contribution is 2.24. The summed E-state index contributed by atoms with van der Waals surface area (Å²) in [5, 5.41) is 11.2. The molecule has 0 aliphatic rings. The molecule has 0 aliphatic heterocycles. The average Bonchev–Trinajstić information content (AvgIpc) is 3.24. The fraction of sp³-hybridized carbons (Fsp3) is 0.0588. The summed E-state index contributed by atoms with van der Waals surface area (Å²) in [5.74, 6) is -0.203. The Labute approximate surface area is 137 Å². The summed E-state index contributed by atoms with van der Waals surface area (Å²) in [5.41, 5.74) is 3.51. The highest BCUT2D eigenvalue weighted by molar-refractivity contribution is 6.09. The van der Waals surface area contributed by atoms with Gasteiger partial charge in [-0.3, -0.25) is 9.48 Å². The summed E-state index contributed by atoms with van der Waals surface area (Å²) < 4.78 is 3.32. The van der Waals surface area contributed by atoms with Crippen LogP contribution < -0.4 is 5.32 Å². The van der Waals surface area contributed by atoms with E-state index in [1.807, 2.05) is 37.5 Å². The predicted molar refractivity (Wildman–Crippen MR) is 89.6 cm³/mol. The molecule has 3 heterocycles. The van der Waals surface area contributed by atoms with Gasteiger partial charge in [-0.25, -0.2) is 9.50 Å². The van der Waals surface area contributed by atoms with Gasteiger partial charge >= 0.3 is 0 Å². The molecule has 0 radical (unpaired) electrons. The molecule has 24 heavy (non-hydrogen) atoms. The Morgan fingerprint density at radius 3 is 2.83 bits per heavy atom. The van der Waals surface area contributed by atoms with Crippen LogP contribution in [0.2, 0.25) is 0 Å². The molecule has 7 heteroatoms. The number of anilines is 1. The predicted octanol–water partition coefficient (Wildman–Crippen LogP) is 2.38. The lowest BCUT2D eigenvalue weighted by atomic mass is 10.0. The number of hydrogen-bond acceptors (Lipinski definition) is 4. The Kier molecular flexibility index (Phi) is 3.31. The third kappa shape index (κ3) is 2.41. The van der Waals surface area contributed by atoms with E-state index in [-0.39, 0.29) is 5.91 Å². The molecule has 118 valence electrons. The molecule has 4 aromatic rings. The first kappa shape index (κ1) is 14.1. The summed E-state index contributed by atoms with van der Waals surface area (Å²) in [6.45, 7) is 0. The molecule has 0 saturated heterocycles. The summed E-state index contributed by atoms with van der Waals surface area (Å²) in [6.07, 6.45) is 6.85. The monoisotopic (exact) mass is 318 g/mol. The second-order valence-electron chi connectivity index (χ2n) is 5.35. The van der Waals surface area contributed by atoms with E-state index >= 15 is 0 Å². The first-order chi connectivity index (χ1) is 11.7. The van der Waals surface area contributed by atoms with Crippen LogP contribution in [0.25, 0.3) is 16.8 Å². The molecule has 1 N–H and O–H groups in total. The van der Waals surface area contributed by atoms with Gasteiger partial charge in [0.1, 0.15) is 6.33 Å². The Balaban J connectivity index is 1.72. The number of benzene rings is 1. The zero-order valence-electron chi connectivity index (χ0n) is 12.9. The van der Waals surface area contributed by atoms with Crippen molar-refractivity contribution in [2.24, 2.45) is 7.05 Å². The van der Waals surface area contributed by atoms with Gasteiger partial charge in [0, 0.05) is 30.6 Å². The highest BCUT2D eigenvalue weighted by atomic mass is 16.1. The maximum absolute atomic E-state index is 12.8. The summed E-state index contributed by atoms with van der Waals surface area (Å²) in [7, 11) is 1.85. The number of rotatable bonds is 3. The second kappa shape index (κ2) is 5.62. The number of pyridine rings is 1. The summed E-state index contributed by atoms with van der Waals surface area (Å²) in [4.78, 5) is 17.0. The van der Waals surface area contributed by atoms with Crippen LogP contribution in [0, 0.1) is 0 Å². The van der Waals surface area contributed by atoms with E-state index in [4.69, 9.17) is 0 Å². The third-order valence-electron chi connectivity index (χ3n) is 3.74. The molecular formula is C17H14N6O. The number of nitrogens with zero attached hydrogens (tertiary/aromatic N) is 5. The van der Waals surface area contributed by atoms with E-state index in [0.29, 0.717) is 16.9 Å². The van der Waals surface area contributed by atoms with Gasteiger partial charge in [0.05, 0.1) is 11.9 Å². The van der Waals surface area contributed by atoms with Crippen LogP contribution in [0.1, 0.15) is 10.4 Å². The summed E-state index contributed by atoms with van der Waals surface area (Å²) in [6, 6.07) is 11.1. The van der Waals surface area contributed by atoms with Gasteiger partial charge in [0.25, 0.3) is 5.91 Å². The molecule has 0 saturated carbocycles. The van der Waals surface area contributed by atoms with Crippen molar-refractivity contribution in [3.8, 4) is 11.1 Å². The maximum atomic E-state index is 12.8. The molecule has 0 spiro atoms. The molecule has 4 rings (SSSR count). The van der Waals surface area contributed by atoms with E-state index < -0.39 is 0 Å². The van der Waals surface area contributed by atoms with Crippen molar-refractivity contribution >= 4 is 17.2 Å². The fourth-order valence-corrected chi connectivity index (χ4v) is 2.63. The number of carbonyl (C=O) groups is 1. The zero-order valence-corrected chi connectivity index (χ0v) is 12.9. The van der Waals surface area contributed by atoms with Crippen LogP contribution in [0.4, 0.5) is 5.69 Å². The van der Waals surface area contributed by atoms with E-state index in [1.54, 1.807) is 33.7 Å². The number of fused-ring (bicyclic) bond motifs is 1. The number of aromatic nitrogens is 5. The Bertz CT molecular complexity index is 1030. The van der Waals surface area contributed by atoms with E-state index in [2.05, 4.69) is 20.5 Å². The molecule has 0 fully saturated rings. The zero-order chi connectivity index (χ0) is 16.5. The Morgan fingerprint density at radius 1 is 1.12 bits per heavy atom. The van der Waals surface area contributed by atoms with Gasteiger partial charge in [0.2, 0.25) is 0 Å². The van der Waals surface area contributed by atoms with Crippen molar-refractivity contribution in [3.05, 3.63) is 66.9 Å². The smallest absolute Gasteiger partial charge is 0.256 e. The van der Waals surface area contributed by atoms with Crippen molar-refractivity contribution < 1.29 is 4.79 Å². The van der Waals surface area contributed by atoms with Crippen LogP contribution in [0.15, 0.2) is 61.3 Å². The van der Waals surface area contributed by atoms with Crippen LogP contribution in [-0.2, 0) is 7.05 Å². The van der Waals surface area contributed by atoms with Gasteiger partial charge < -0.3 is 5.32 Å². The molecule has 1 amide bonds. The lowest BCUT2D eigenvalue weighted by Gasteiger charge is -2.09. The largest absolute Gasteiger partial charge is 0.319 e. The molecule has 0 bridgehead atoms. The van der Waals surface area contributed by atoms with Gasteiger partial charge in [-0.2, -0.15) is 10.2 Å². The van der Waals surface area contributed by atoms with Crippen LogP contribution >= 0.6 is 0 Å². The number of carbonyl (C=O) groups excluding carboxylic acids is 1. The molecule has 7 nitrogen and oxygen atoms in total. The Hall–Kier alpha value is -3.48. The maximum Gasteiger partial charge on any atom is 0.256 e. The molecular weight excluding hydrogens is 304 g/mol. The minimum absolute atomic E-state index is 0.203. The topological polar surface area (TPSA) is 77.1 Å². The van der Waals surface area contributed by atoms with Crippen molar-refractivity contribution in [3.63, 3.8) is 0 Å². The SMILES string of the molecule is Cn1cc(-c2ccccc2C(=O)Nc2cccn3ncnc23)cn1. The molecule has 0 unspecified atom stereocenters. The fourth-order valence-electron chi connectivity index (χ4n) is 2.63. The second-order valence-corrected chi connectivity index (χ2v) is 5.35. The van der Waals surface area contributed by atoms with Gasteiger partial charge in [-0.15, -0.1) is 0 Å². The standard InChI is InChI=1S/C17H14N6O/c1-22-10-12(9-19-22)13-5-2-3-6-14(13)17(24)21-15-7-4-8-23-16(15)18-11-20-23/h2-11H,1H3,(H,21,24). The normalized spacial score (nSPS) is 10.9. The van der Waals surface area contributed by atoms with Gasteiger partial charge in [0.15, 0.2) is 5.65 Å². The van der Waals surface area contributed by atoms with Crippen LogP contribution in [0.5, 0.6) is 0 Å². The van der Waals surface area contributed by atoms with E-state index in [1.165, 1.54) is 6.33 Å². The van der Waals surface area contributed by atoms with Crippen molar-refractivity contribution in [2.45, 2.75) is 0 Å². The lowest BCUT2D eigenvalue weighted by Crippen LogP contribution is -2.14. The molecule has 0 aliphatic carbocycles. The minimum Gasteiger partial charge on any atom is -0.319 e. The third-order valence-corrected chi connectivity index (χ3v) is 3.74. The average molecular weight is 318 g/mol. The highest BCUT2D eigenvalue weighted by Gasteiger charge is 2.15. The number of hydrogen-bond donors (Lipinski definition) is 1. The summed E-state index contributed by atoms with van der Waals surface area (Å²) >= 11 is 0. The molecule has 3 aromatic heterocycles.